The van der Waals surface area contributed by atoms with Gasteiger partial charge in [0.1, 0.15) is 0 Å². The van der Waals surface area contributed by atoms with Crippen LogP contribution >= 0.6 is 11.8 Å². The van der Waals surface area contributed by atoms with Crippen LogP contribution in [0.5, 0.6) is 0 Å². The number of hydrogen-bond donors (Lipinski definition) is 1. The number of rotatable bonds is 3. The molecule has 1 N–H and O–H groups in total. The third-order valence-electron chi connectivity index (χ3n) is 3.06. The van der Waals surface area contributed by atoms with Crippen LogP contribution in [0.3, 0.4) is 0 Å². The van der Waals surface area contributed by atoms with Crippen LogP contribution in [0, 0.1) is 0 Å². The lowest BCUT2D eigenvalue weighted by molar-refractivity contribution is 0.636. The molecule has 14 heavy (non-hydrogen) atoms. The third-order valence-corrected chi connectivity index (χ3v) is 4.39. The smallest absolute Gasteiger partial charge is 0.0966 e. The van der Waals surface area contributed by atoms with E-state index in [9.17, 15) is 0 Å². The highest BCUT2D eigenvalue weighted by Crippen LogP contribution is 2.30. The molecule has 0 bridgehead atoms. The Labute approximate surface area is 90.9 Å². The third kappa shape index (κ3) is 2.44. The largest absolute Gasteiger partial charge is 0.370 e. The molecule has 1 fully saturated rings. The summed E-state index contributed by atoms with van der Waals surface area (Å²) in [5.41, 5.74) is 0. The molecule has 1 heterocycles. The SMILES string of the molecule is CCSC1CCCC1NC1=NCCC1. The molecule has 80 valence electrons. The van der Waals surface area contributed by atoms with Gasteiger partial charge in [-0.3, -0.25) is 4.99 Å². The lowest BCUT2D eigenvalue weighted by Crippen LogP contribution is -2.38. The highest BCUT2D eigenvalue weighted by molar-refractivity contribution is 7.99. The van der Waals surface area contributed by atoms with Crippen molar-refractivity contribution < 1.29 is 0 Å². The number of hydrogen-bond acceptors (Lipinski definition) is 3. The zero-order valence-corrected chi connectivity index (χ0v) is 9.78. The van der Waals surface area contributed by atoms with Gasteiger partial charge in [-0.25, -0.2) is 0 Å². The van der Waals surface area contributed by atoms with Crippen molar-refractivity contribution >= 4 is 17.6 Å². The first-order valence-electron chi connectivity index (χ1n) is 5.81. The zero-order chi connectivity index (χ0) is 9.80. The minimum Gasteiger partial charge on any atom is -0.370 e. The molecular formula is C11H20N2S. The van der Waals surface area contributed by atoms with E-state index in [1.165, 1.54) is 43.7 Å². The van der Waals surface area contributed by atoms with E-state index in [2.05, 4.69) is 29.0 Å². The molecule has 1 saturated carbocycles. The molecule has 0 amide bonds. The van der Waals surface area contributed by atoms with Gasteiger partial charge in [0, 0.05) is 24.3 Å². The molecule has 2 nitrogen and oxygen atoms in total. The van der Waals surface area contributed by atoms with E-state index >= 15 is 0 Å². The van der Waals surface area contributed by atoms with Crippen molar-refractivity contribution in [2.45, 2.75) is 50.3 Å². The van der Waals surface area contributed by atoms with Gasteiger partial charge in [0.15, 0.2) is 0 Å². The van der Waals surface area contributed by atoms with Gasteiger partial charge in [-0.15, -0.1) is 0 Å². The van der Waals surface area contributed by atoms with Crippen molar-refractivity contribution in [3.8, 4) is 0 Å². The van der Waals surface area contributed by atoms with Crippen molar-refractivity contribution in [2.75, 3.05) is 12.3 Å². The van der Waals surface area contributed by atoms with Gasteiger partial charge < -0.3 is 5.32 Å². The quantitative estimate of drug-likeness (QED) is 0.777. The number of aliphatic imine (C=N–C) groups is 1. The molecule has 0 spiro atoms. The van der Waals surface area contributed by atoms with Crippen LogP contribution in [-0.2, 0) is 0 Å². The Morgan fingerprint density at radius 1 is 1.43 bits per heavy atom. The van der Waals surface area contributed by atoms with Crippen molar-refractivity contribution in [3.05, 3.63) is 0 Å². The fraction of sp³-hybridized carbons (Fsp3) is 0.909. The molecule has 2 atom stereocenters. The van der Waals surface area contributed by atoms with Crippen LogP contribution in [-0.4, -0.2) is 29.4 Å². The number of thioether (sulfide) groups is 1. The molecule has 0 saturated heterocycles. The second-order valence-corrected chi connectivity index (χ2v) is 5.62. The zero-order valence-electron chi connectivity index (χ0n) is 8.96. The molecule has 0 aromatic rings. The van der Waals surface area contributed by atoms with Crippen LogP contribution in [0.1, 0.15) is 39.0 Å². The van der Waals surface area contributed by atoms with Crippen molar-refractivity contribution in [1.29, 1.82) is 0 Å². The Morgan fingerprint density at radius 3 is 3.07 bits per heavy atom. The average molecular weight is 212 g/mol. The summed E-state index contributed by atoms with van der Waals surface area (Å²) in [6, 6.07) is 0.705. The second-order valence-electron chi connectivity index (χ2n) is 4.11. The molecule has 0 aromatic heterocycles. The maximum Gasteiger partial charge on any atom is 0.0966 e. The summed E-state index contributed by atoms with van der Waals surface area (Å²) >= 11 is 2.11. The van der Waals surface area contributed by atoms with Crippen LogP contribution in [0.4, 0.5) is 0 Å². The summed E-state index contributed by atoms with van der Waals surface area (Å²) in [5.74, 6) is 2.52. The van der Waals surface area contributed by atoms with E-state index in [0.717, 1.165) is 11.8 Å². The number of amidine groups is 1. The molecule has 2 aliphatic rings. The monoisotopic (exact) mass is 212 g/mol. The summed E-state index contributed by atoms with van der Waals surface area (Å²) < 4.78 is 0. The van der Waals surface area contributed by atoms with E-state index in [0.29, 0.717) is 6.04 Å². The minimum atomic E-state index is 0.705. The van der Waals surface area contributed by atoms with Gasteiger partial charge in [-0.05, 0) is 25.0 Å². The normalized spacial score (nSPS) is 31.9. The van der Waals surface area contributed by atoms with Crippen LogP contribution in [0.2, 0.25) is 0 Å². The fourth-order valence-corrected chi connectivity index (χ4v) is 3.57. The Bertz CT molecular complexity index is 215. The predicted octanol–water partition coefficient (Wildman–Crippen LogP) is 2.44. The van der Waals surface area contributed by atoms with Crippen LogP contribution in [0.25, 0.3) is 0 Å². The van der Waals surface area contributed by atoms with Crippen molar-refractivity contribution in [1.82, 2.24) is 5.32 Å². The van der Waals surface area contributed by atoms with Gasteiger partial charge in [-0.2, -0.15) is 11.8 Å². The van der Waals surface area contributed by atoms with E-state index in [4.69, 9.17) is 0 Å². The van der Waals surface area contributed by atoms with Gasteiger partial charge in [0.2, 0.25) is 0 Å². The average Bonchev–Trinajstić information content (AvgIpc) is 2.80. The van der Waals surface area contributed by atoms with Gasteiger partial charge in [0.05, 0.1) is 5.84 Å². The van der Waals surface area contributed by atoms with Crippen LogP contribution < -0.4 is 5.32 Å². The molecule has 1 aliphatic heterocycles. The van der Waals surface area contributed by atoms with Crippen molar-refractivity contribution in [3.63, 3.8) is 0 Å². The van der Waals surface area contributed by atoms with Gasteiger partial charge in [0.25, 0.3) is 0 Å². The Balaban J connectivity index is 1.83. The topological polar surface area (TPSA) is 24.4 Å². The van der Waals surface area contributed by atoms with E-state index < -0.39 is 0 Å². The van der Waals surface area contributed by atoms with E-state index in [1.807, 2.05) is 0 Å². The molecule has 2 unspecified atom stereocenters. The lowest BCUT2D eigenvalue weighted by Gasteiger charge is -2.21. The van der Waals surface area contributed by atoms with E-state index in [-0.39, 0.29) is 0 Å². The molecule has 0 aromatic carbocycles. The Kier molecular flexibility index (Phi) is 3.74. The first kappa shape index (κ1) is 10.3. The first-order valence-corrected chi connectivity index (χ1v) is 6.86. The molecular weight excluding hydrogens is 192 g/mol. The molecule has 2 rings (SSSR count). The fourth-order valence-electron chi connectivity index (χ4n) is 2.38. The number of nitrogens with one attached hydrogen (secondary N) is 1. The van der Waals surface area contributed by atoms with Gasteiger partial charge in [-0.1, -0.05) is 13.3 Å². The summed E-state index contributed by atoms with van der Waals surface area (Å²) in [7, 11) is 0. The lowest BCUT2D eigenvalue weighted by atomic mass is 10.2. The summed E-state index contributed by atoms with van der Waals surface area (Å²) in [4.78, 5) is 4.49. The highest BCUT2D eigenvalue weighted by atomic mass is 32.2. The summed E-state index contributed by atoms with van der Waals surface area (Å²) in [6.45, 7) is 3.30. The minimum absolute atomic E-state index is 0.705. The van der Waals surface area contributed by atoms with E-state index in [1.54, 1.807) is 0 Å². The van der Waals surface area contributed by atoms with Gasteiger partial charge >= 0.3 is 0 Å². The Hall–Kier alpha value is -0.180. The molecule has 1 aliphatic carbocycles. The summed E-state index contributed by atoms with van der Waals surface area (Å²) in [6.07, 6.45) is 6.56. The van der Waals surface area contributed by atoms with Crippen LogP contribution in [0.15, 0.2) is 4.99 Å². The molecule has 0 radical (unpaired) electrons. The molecule has 3 heteroatoms. The first-order chi connectivity index (χ1) is 6.90. The summed E-state index contributed by atoms with van der Waals surface area (Å²) in [5, 5.41) is 4.48. The predicted molar refractivity (Wildman–Crippen MR) is 64.2 cm³/mol. The van der Waals surface area contributed by atoms with Crippen molar-refractivity contribution in [2.24, 2.45) is 4.99 Å². The maximum atomic E-state index is 4.49. The number of nitrogens with zero attached hydrogens (tertiary/aromatic N) is 1. The highest BCUT2D eigenvalue weighted by Gasteiger charge is 2.27. The Morgan fingerprint density at radius 2 is 2.36 bits per heavy atom. The second kappa shape index (κ2) is 5.06. The standard InChI is InChI=1S/C11H20N2S/c1-2-14-10-6-3-5-9(10)13-11-7-4-8-12-11/h9-10H,2-8H2,1H3,(H,12,13). The maximum absolute atomic E-state index is 4.49.